The maximum Gasteiger partial charge on any atom is 0.156 e. The van der Waals surface area contributed by atoms with Gasteiger partial charge in [-0.25, -0.2) is 0 Å². The fourth-order valence-electron chi connectivity index (χ4n) is 3.07. The van der Waals surface area contributed by atoms with Gasteiger partial charge in [-0.2, -0.15) is 0 Å². The van der Waals surface area contributed by atoms with Crippen molar-refractivity contribution in [3.05, 3.63) is 11.6 Å². The molecule has 2 heteroatoms. The van der Waals surface area contributed by atoms with E-state index < -0.39 is 0 Å². The zero-order valence-corrected chi connectivity index (χ0v) is 11.1. The van der Waals surface area contributed by atoms with Crippen molar-refractivity contribution >= 4 is 5.78 Å². The maximum atomic E-state index is 11.6. The molecule has 0 spiro atoms. The van der Waals surface area contributed by atoms with E-state index in [0.29, 0.717) is 18.3 Å². The van der Waals surface area contributed by atoms with E-state index in [1.807, 2.05) is 6.08 Å². The molecule has 1 aliphatic heterocycles. The van der Waals surface area contributed by atoms with Gasteiger partial charge >= 0.3 is 0 Å². The van der Waals surface area contributed by atoms with E-state index in [4.69, 9.17) is 4.74 Å². The highest BCUT2D eigenvalue weighted by Gasteiger charge is 2.27. The Hall–Kier alpha value is -0.630. The van der Waals surface area contributed by atoms with E-state index in [9.17, 15) is 4.79 Å². The highest BCUT2D eigenvalue weighted by Crippen LogP contribution is 2.35. The molecule has 1 aliphatic carbocycles. The third-order valence-electron chi connectivity index (χ3n) is 3.77. The maximum absolute atomic E-state index is 11.6. The van der Waals surface area contributed by atoms with Crippen LogP contribution in [-0.4, -0.2) is 18.5 Å². The van der Waals surface area contributed by atoms with E-state index in [1.165, 1.54) is 24.8 Å². The first-order valence-corrected chi connectivity index (χ1v) is 6.89. The minimum absolute atomic E-state index is 0.172. The summed E-state index contributed by atoms with van der Waals surface area (Å²) in [7, 11) is 0. The van der Waals surface area contributed by atoms with E-state index in [-0.39, 0.29) is 5.41 Å². The van der Waals surface area contributed by atoms with Crippen LogP contribution < -0.4 is 0 Å². The van der Waals surface area contributed by atoms with Gasteiger partial charge in [-0.05, 0) is 50.0 Å². The number of hydrogen-bond acceptors (Lipinski definition) is 2. The molecule has 0 bridgehead atoms. The molecule has 0 aromatic heterocycles. The predicted molar refractivity (Wildman–Crippen MR) is 68.9 cm³/mol. The van der Waals surface area contributed by atoms with Crippen molar-refractivity contribution in [2.24, 2.45) is 5.41 Å². The lowest BCUT2D eigenvalue weighted by molar-refractivity contribution is -0.117. The Morgan fingerprint density at radius 2 is 2.24 bits per heavy atom. The molecule has 1 atom stereocenters. The molecule has 1 saturated heterocycles. The number of ether oxygens (including phenoxy) is 1. The molecular formula is C15H24O2. The fourth-order valence-corrected chi connectivity index (χ4v) is 3.07. The third-order valence-corrected chi connectivity index (χ3v) is 3.77. The molecule has 2 rings (SSSR count). The Labute approximate surface area is 104 Å². The number of carbonyl (C=O) groups excluding carboxylic acids is 1. The molecule has 0 radical (unpaired) electrons. The molecule has 0 aromatic rings. The second-order valence-electron chi connectivity index (χ2n) is 6.31. The zero-order valence-electron chi connectivity index (χ0n) is 11.1. The van der Waals surface area contributed by atoms with Crippen molar-refractivity contribution in [2.45, 2.75) is 64.9 Å². The van der Waals surface area contributed by atoms with Gasteiger partial charge in [0.15, 0.2) is 5.78 Å². The monoisotopic (exact) mass is 236 g/mol. The van der Waals surface area contributed by atoms with Crippen LogP contribution in [0.5, 0.6) is 0 Å². The lowest BCUT2D eigenvalue weighted by Crippen LogP contribution is -2.21. The van der Waals surface area contributed by atoms with Crippen molar-refractivity contribution in [1.29, 1.82) is 0 Å². The highest BCUT2D eigenvalue weighted by atomic mass is 16.5. The number of rotatable bonds is 4. The van der Waals surface area contributed by atoms with Crippen molar-refractivity contribution in [3.8, 4) is 0 Å². The first-order chi connectivity index (χ1) is 8.05. The summed E-state index contributed by atoms with van der Waals surface area (Å²) in [5.74, 6) is 0.313. The molecule has 1 fully saturated rings. The Bertz CT molecular complexity index is 309. The lowest BCUT2D eigenvalue weighted by Gasteiger charge is -2.29. The Kier molecular flexibility index (Phi) is 4.03. The van der Waals surface area contributed by atoms with Crippen LogP contribution in [0.25, 0.3) is 0 Å². The summed E-state index contributed by atoms with van der Waals surface area (Å²) in [4.78, 5) is 11.6. The summed E-state index contributed by atoms with van der Waals surface area (Å²) < 4.78 is 5.62. The van der Waals surface area contributed by atoms with E-state index >= 15 is 0 Å². The first-order valence-electron chi connectivity index (χ1n) is 6.89. The van der Waals surface area contributed by atoms with Gasteiger partial charge in [-0.15, -0.1) is 0 Å². The van der Waals surface area contributed by atoms with Crippen LogP contribution in [0.4, 0.5) is 0 Å². The number of allylic oxidation sites excluding steroid dienone is 2. The fraction of sp³-hybridized carbons (Fsp3) is 0.800. The first kappa shape index (κ1) is 12.8. The van der Waals surface area contributed by atoms with Gasteiger partial charge < -0.3 is 4.74 Å². The standard InChI is InChI=1S/C15H24O2/c1-15(2)10-12(9-13(16)11-15)5-3-6-14-7-4-8-17-14/h9,14H,3-8,10-11H2,1-2H3. The normalized spacial score (nSPS) is 28.2. The van der Waals surface area contributed by atoms with E-state index in [2.05, 4.69) is 13.8 Å². The van der Waals surface area contributed by atoms with Crippen LogP contribution in [0.3, 0.4) is 0 Å². The minimum Gasteiger partial charge on any atom is -0.378 e. The summed E-state index contributed by atoms with van der Waals surface area (Å²) >= 11 is 0. The molecule has 2 aliphatic rings. The lowest BCUT2D eigenvalue weighted by atomic mass is 9.76. The molecular weight excluding hydrogens is 212 g/mol. The molecule has 2 nitrogen and oxygen atoms in total. The van der Waals surface area contributed by atoms with Crippen molar-refractivity contribution < 1.29 is 9.53 Å². The molecule has 0 amide bonds. The SMILES string of the molecule is CC1(C)CC(=O)C=C(CCCC2CCCO2)C1. The average Bonchev–Trinajstić information content (AvgIpc) is 2.67. The quantitative estimate of drug-likeness (QED) is 0.744. The van der Waals surface area contributed by atoms with Crippen molar-refractivity contribution in [3.63, 3.8) is 0 Å². The summed E-state index contributed by atoms with van der Waals surface area (Å²) in [6, 6.07) is 0. The minimum atomic E-state index is 0.172. The van der Waals surface area contributed by atoms with Crippen LogP contribution in [-0.2, 0) is 9.53 Å². The third kappa shape index (κ3) is 3.95. The second-order valence-corrected chi connectivity index (χ2v) is 6.31. The van der Waals surface area contributed by atoms with Gasteiger partial charge in [-0.3, -0.25) is 4.79 Å². The molecule has 1 unspecified atom stereocenters. The Morgan fingerprint density at radius 3 is 2.88 bits per heavy atom. The molecule has 0 N–H and O–H groups in total. The summed E-state index contributed by atoms with van der Waals surface area (Å²) in [5.41, 5.74) is 1.52. The van der Waals surface area contributed by atoms with Gasteiger partial charge in [0.1, 0.15) is 0 Å². The Balaban J connectivity index is 1.76. The number of hydrogen-bond donors (Lipinski definition) is 0. The van der Waals surface area contributed by atoms with Crippen LogP contribution in [0.1, 0.15) is 58.8 Å². The smallest absolute Gasteiger partial charge is 0.156 e. The van der Waals surface area contributed by atoms with Gasteiger partial charge in [0.2, 0.25) is 0 Å². The summed E-state index contributed by atoms with van der Waals surface area (Å²) in [6.07, 6.45) is 10.0. The van der Waals surface area contributed by atoms with Gasteiger partial charge in [-0.1, -0.05) is 19.4 Å². The van der Waals surface area contributed by atoms with Gasteiger partial charge in [0.05, 0.1) is 6.10 Å². The van der Waals surface area contributed by atoms with Crippen molar-refractivity contribution in [1.82, 2.24) is 0 Å². The zero-order chi connectivity index (χ0) is 12.3. The molecule has 96 valence electrons. The second kappa shape index (κ2) is 5.34. The van der Waals surface area contributed by atoms with Crippen LogP contribution >= 0.6 is 0 Å². The van der Waals surface area contributed by atoms with Crippen molar-refractivity contribution in [2.75, 3.05) is 6.61 Å². The number of carbonyl (C=O) groups is 1. The van der Waals surface area contributed by atoms with Crippen LogP contribution in [0, 0.1) is 5.41 Å². The topological polar surface area (TPSA) is 26.3 Å². The molecule has 1 heterocycles. The largest absolute Gasteiger partial charge is 0.378 e. The Morgan fingerprint density at radius 1 is 1.41 bits per heavy atom. The molecule has 0 saturated carbocycles. The number of ketones is 1. The van der Waals surface area contributed by atoms with E-state index in [0.717, 1.165) is 25.9 Å². The molecule has 17 heavy (non-hydrogen) atoms. The predicted octanol–water partition coefficient (Wildman–Crippen LogP) is 3.65. The molecule has 0 aromatic carbocycles. The summed E-state index contributed by atoms with van der Waals surface area (Å²) in [6.45, 7) is 5.33. The van der Waals surface area contributed by atoms with Gasteiger partial charge in [0, 0.05) is 13.0 Å². The highest BCUT2D eigenvalue weighted by molar-refractivity contribution is 5.91. The van der Waals surface area contributed by atoms with Crippen LogP contribution in [0.15, 0.2) is 11.6 Å². The summed E-state index contributed by atoms with van der Waals surface area (Å²) in [5, 5.41) is 0. The van der Waals surface area contributed by atoms with Crippen LogP contribution in [0.2, 0.25) is 0 Å². The van der Waals surface area contributed by atoms with Gasteiger partial charge in [0.25, 0.3) is 0 Å². The van der Waals surface area contributed by atoms with E-state index in [1.54, 1.807) is 0 Å². The average molecular weight is 236 g/mol.